The fraction of sp³-hybridized carbons (Fsp3) is 0.500. The minimum absolute atomic E-state index is 0.600. The highest BCUT2D eigenvalue weighted by Gasteiger charge is 2.05. The van der Waals surface area contributed by atoms with E-state index in [-0.39, 0.29) is 0 Å². The topological polar surface area (TPSA) is 12.0 Å². The number of hydrogen-bond donors (Lipinski definition) is 1. The summed E-state index contributed by atoms with van der Waals surface area (Å²) in [6, 6.07) is 9.09. The van der Waals surface area contributed by atoms with Gasteiger partial charge in [0.15, 0.2) is 0 Å². The van der Waals surface area contributed by atoms with Crippen LogP contribution in [0.3, 0.4) is 0 Å². The smallest absolute Gasteiger partial charge is 0.0480 e. The van der Waals surface area contributed by atoms with E-state index in [1.165, 1.54) is 23.4 Å². The Morgan fingerprint density at radius 1 is 1.21 bits per heavy atom. The highest BCUT2D eigenvalue weighted by Crippen LogP contribution is 2.25. The van der Waals surface area contributed by atoms with E-state index in [9.17, 15) is 0 Å². The molecular formula is C12H19NS. The lowest BCUT2D eigenvalue weighted by Crippen LogP contribution is -2.17. The van der Waals surface area contributed by atoms with Gasteiger partial charge in [-0.1, -0.05) is 26.0 Å². The monoisotopic (exact) mass is 209 g/mol. The van der Waals surface area contributed by atoms with Gasteiger partial charge in [0, 0.05) is 16.6 Å². The van der Waals surface area contributed by atoms with Crippen molar-refractivity contribution in [1.82, 2.24) is 0 Å². The third-order valence-electron chi connectivity index (χ3n) is 2.45. The fourth-order valence-corrected chi connectivity index (χ4v) is 2.04. The summed E-state index contributed by atoms with van der Waals surface area (Å²) in [5.41, 5.74) is 1.27. The molecule has 0 bridgehead atoms. The number of benzene rings is 1. The fourth-order valence-electron chi connectivity index (χ4n) is 1.48. The zero-order valence-electron chi connectivity index (χ0n) is 9.21. The van der Waals surface area contributed by atoms with Crippen molar-refractivity contribution in [3.8, 4) is 0 Å². The van der Waals surface area contributed by atoms with Crippen LogP contribution in [-0.2, 0) is 0 Å². The van der Waals surface area contributed by atoms with Crippen LogP contribution in [0.2, 0.25) is 0 Å². The third kappa shape index (κ3) is 2.95. The van der Waals surface area contributed by atoms with Crippen LogP contribution in [0.1, 0.15) is 26.7 Å². The van der Waals surface area contributed by atoms with Crippen molar-refractivity contribution < 1.29 is 0 Å². The number of para-hydroxylation sites is 1. The molecule has 1 N–H and O–H groups in total. The van der Waals surface area contributed by atoms with Gasteiger partial charge in [-0.15, -0.1) is 11.8 Å². The second-order valence-electron chi connectivity index (χ2n) is 3.36. The summed E-state index contributed by atoms with van der Waals surface area (Å²) in [6.45, 7) is 4.45. The zero-order valence-corrected chi connectivity index (χ0v) is 10.0. The van der Waals surface area contributed by atoms with Gasteiger partial charge in [-0.25, -0.2) is 0 Å². The van der Waals surface area contributed by atoms with Crippen molar-refractivity contribution in [2.45, 2.75) is 37.6 Å². The molecule has 78 valence electrons. The number of anilines is 1. The minimum Gasteiger partial charge on any atom is -0.381 e. The molecule has 0 amide bonds. The van der Waals surface area contributed by atoms with Crippen LogP contribution in [-0.4, -0.2) is 12.3 Å². The van der Waals surface area contributed by atoms with Crippen LogP contribution in [0.15, 0.2) is 29.2 Å². The highest BCUT2D eigenvalue weighted by molar-refractivity contribution is 7.98. The number of thioether (sulfide) groups is 1. The summed E-state index contributed by atoms with van der Waals surface area (Å²) in [7, 11) is 0. The molecule has 0 saturated carbocycles. The lowest BCUT2D eigenvalue weighted by molar-refractivity contribution is 0.670. The summed E-state index contributed by atoms with van der Waals surface area (Å²) >= 11 is 1.80. The van der Waals surface area contributed by atoms with Gasteiger partial charge in [0.2, 0.25) is 0 Å². The Hall–Kier alpha value is -0.630. The van der Waals surface area contributed by atoms with Crippen molar-refractivity contribution in [3.63, 3.8) is 0 Å². The maximum atomic E-state index is 3.58. The molecule has 14 heavy (non-hydrogen) atoms. The molecule has 0 aliphatic rings. The van der Waals surface area contributed by atoms with E-state index in [0.717, 1.165) is 0 Å². The van der Waals surface area contributed by atoms with Gasteiger partial charge >= 0.3 is 0 Å². The van der Waals surface area contributed by atoms with Crippen molar-refractivity contribution in [3.05, 3.63) is 24.3 Å². The molecule has 0 unspecified atom stereocenters. The van der Waals surface area contributed by atoms with Gasteiger partial charge in [-0.3, -0.25) is 0 Å². The standard InChI is InChI=1S/C12H19NS/c1-4-10(5-2)13-11-8-6-7-9-12(11)14-3/h6-10,13H,4-5H2,1-3H3. The maximum absolute atomic E-state index is 3.58. The molecule has 1 aromatic carbocycles. The molecule has 1 rings (SSSR count). The molecule has 0 spiro atoms. The van der Waals surface area contributed by atoms with Gasteiger partial charge in [0.25, 0.3) is 0 Å². The van der Waals surface area contributed by atoms with Crippen molar-refractivity contribution in [2.75, 3.05) is 11.6 Å². The minimum atomic E-state index is 0.600. The van der Waals surface area contributed by atoms with Crippen LogP contribution in [0, 0.1) is 0 Å². The molecule has 0 aliphatic carbocycles. The average Bonchev–Trinajstić information content (AvgIpc) is 2.26. The molecule has 0 heterocycles. The van der Waals surface area contributed by atoms with Crippen LogP contribution >= 0.6 is 11.8 Å². The normalized spacial score (nSPS) is 10.6. The first-order chi connectivity index (χ1) is 6.81. The van der Waals surface area contributed by atoms with Gasteiger partial charge in [0.05, 0.1) is 0 Å². The first-order valence-electron chi connectivity index (χ1n) is 5.21. The van der Waals surface area contributed by atoms with E-state index in [4.69, 9.17) is 0 Å². The van der Waals surface area contributed by atoms with Crippen LogP contribution in [0.4, 0.5) is 5.69 Å². The Bertz CT molecular complexity index is 269. The average molecular weight is 209 g/mol. The Balaban J connectivity index is 2.74. The van der Waals surface area contributed by atoms with Crippen LogP contribution in [0.25, 0.3) is 0 Å². The van der Waals surface area contributed by atoms with Crippen LogP contribution < -0.4 is 5.32 Å². The molecular weight excluding hydrogens is 190 g/mol. The molecule has 0 radical (unpaired) electrons. The predicted molar refractivity (Wildman–Crippen MR) is 66.2 cm³/mol. The number of rotatable bonds is 5. The van der Waals surface area contributed by atoms with E-state index in [2.05, 4.69) is 49.7 Å². The maximum Gasteiger partial charge on any atom is 0.0480 e. The van der Waals surface area contributed by atoms with Gasteiger partial charge < -0.3 is 5.32 Å². The molecule has 0 saturated heterocycles. The van der Waals surface area contributed by atoms with Crippen molar-refractivity contribution in [2.24, 2.45) is 0 Å². The first-order valence-corrected chi connectivity index (χ1v) is 6.43. The largest absolute Gasteiger partial charge is 0.381 e. The third-order valence-corrected chi connectivity index (χ3v) is 3.25. The summed E-state index contributed by atoms with van der Waals surface area (Å²) in [5, 5.41) is 3.58. The number of nitrogens with one attached hydrogen (secondary N) is 1. The van der Waals surface area contributed by atoms with E-state index in [0.29, 0.717) is 6.04 Å². The van der Waals surface area contributed by atoms with E-state index < -0.39 is 0 Å². The quantitative estimate of drug-likeness (QED) is 0.735. The van der Waals surface area contributed by atoms with Crippen molar-refractivity contribution in [1.29, 1.82) is 0 Å². The lowest BCUT2D eigenvalue weighted by Gasteiger charge is -2.18. The molecule has 1 nitrogen and oxygen atoms in total. The summed E-state index contributed by atoms with van der Waals surface area (Å²) in [6.07, 6.45) is 4.48. The highest BCUT2D eigenvalue weighted by atomic mass is 32.2. The Labute approximate surface area is 91.3 Å². The summed E-state index contributed by atoms with van der Waals surface area (Å²) in [4.78, 5) is 1.33. The Morgan fingerprint density at radius 3 is 2.43 bits per heavy atom. The first kappa shape index (κ1) is 11.4. The van der Waals surface area contributed by atoms with E-state index in [1.54, 1.807) is 11.8 Å². The molecule has 0 aliphatic heterocycles. The Kier molecular flexibility index (Phi) is 4.88. The van der Waals surface area contributed by atoms with Gasteiger partial charge in [0.1, 0.15) is 0 Å². The lowest BCUT2D eigenvalue weighted by atomic mass is 10.1. The van der Waals surface area contributed by atoms with Gasteiger partial charge in [-0.05, 0) is 31.2 Å². The molecule has 1 aromatic rings. The SMILES string of the molecule is CCC(CC)Nc1ccccc1SC. The van der Waals surface area contributed by atoms with Gasteiger partial charge in [-0.2, -0.15) is 0 Å². The predicted octanol–water partition coefficient (Wildman–Crippen LogP) is 4.01. The molecule has 2 heteroatoms. The summed E-state index contributed by atoms with van der Waals surface area (Å²) < 4.78 is 0. The second kappa shape index (κ2) is 5.97. The van der Waals surface area contributed by atoms with E-state index in [1.807, 2.05) is 0 Å². The summed E-state index contributed by atoms with van der Waals surface area (Å²) in [5.74, 6) is 0. The molecule has 0 atom stereocenters. The second-order valence-corrected chi connectivity index (χ2v) is 4.21. The molecule has 0 aromatic heterocycles. The van der Waals surface area contributed by atoms with Crippen LogP contribution in [0.5, 0.6) is 0 Å². The zero-order chi connectivity index (χ0) is 10.4. The Morgan fingerprint density at radius 2 is 1.86 bits per heavy atom. The molecule has 0 fully saturated rings. The van der Waals surface area contributed by atoms with Crippen molar-refractivity contribution >= 4 is 17.4 Å². The van der Waals surface area contributed by atoms with E-state index >= 15 is 0 Å². The number of hydrogen-bond acceptors (Lipinski definition) is 2.